The van der Waals surface area contributed by atoms with Gasteiger partial charge in [0.25, 0.3) is 17.4 Å². The smallest absolute Gasteiger partial charge is 0.266 e. The topological polar surface area (TPSA) is 142 Å². The van der Waals surface area contributed by atoms with Crippen LogP contribution in [0, 0.1) is 0 Å². The summed E-state index contributed by atoms with van der Waals surface area (Å²) in [5, 5.41) is 0.328. The van der Waals surface area contributed by atoms with E-state index in [1.165, 1.54) is 49.1 Å². The first-order valence-electron chi connectivity index (χ1n) is 19.6. The Labute approximate surface area is 336 Å². The second-order valence-electron chi connectivity index (χ2n) is 15.4. The number of fused-ring (bicyclic) bond motifs is 3. The fourth-order valence-electron chi connectivity index (χ4n) is 8.54. The molecule has 0 atom stereocenters. The van der Waals surface area contributed by atoms with E-state index in [0.29, 0.717) is 42.2 Å². The van der Waals surface area contributed by atoms with Crippen molar-refractivity contribution in [3.05, 3.63) is 92.5 Å². The first-order chi connectivity index (χ1) is 26.7. The van der Waals surface area contributed by atoms with Crippen molar-refractivity contribution in [2.24, 2.45) is 0 Å². The van der Waals surface area contributed by atoms with Gasteiger partial charge < -0.3 is 19.4 Å². The van der Waals surface area contributed by atoms with Crippen LogP contribution in [0.2, 0.25) is 0 Å². The summed E-state index contributed by atoms with van der Waals surface area (Å²) < 4.78 is 11.5. The fourth-order valence-corrected chi connectivity index (χ4v) is 8.54. The monoisotopic (exact) mass is 801 g/mol. The number of morpholine rings is 1. The second-order valence-corrected chi connectivity index (χ2v) is 15.4. The number of ketones is 2. The Bertz CT molecular complexity index is 2180. The van der Waals surface area contributed by atoms with Crippen molar-refractivity contribution in [1.82, 2.24) is 14.9 Å². The fraction of sp³-hybridized carbons (Fsp3) is 0.442. The Kier molecular flexibility index (Phi) is 11.9. The zero-order chi connectivity index (χ0) is 38.2. The van der Waals surface area contributed by atoms with Gasteiger partial charge >= 0.3 is 0 Å². The molecule has 2 aliphatic heterocycles. The molecule has 0 spiro atoms. The van der Waals surface area contributed by atoms with E-state index in [9.17, 15) is 24.0 Å². The summed E-state index contributed by atoms with van der Waals surface area (Å²) >= 11 is 0. The summed E-state index contributed by atoms with van der Waals surface area (Å²) in [7, 11) is 3.70. The summed E-state index contributed by atoms with van der Waals surface area (Å²) in [5.41, 5.74) is 2.23. The molecule has 3 heterocycles. The number of hydrogen-bond acceptors (Lipinski definition) is 10. The number of aromatic nitrogens is 2. The molecule has 294 valence electrons. The maximum absolute atomic E-state index is 14.1. The summed E-state index contributed by atoms with van der Waals surface area (Å²) in [4.78, 5) is 81.3. The Morgan fingerprint density at radius 1 is 0.786 bits per heavy atom. The zero-order valence-corrected chi connectivity index (χ0v) is 33.0. The molecule has 5 aliphatic rings. The summed E-state index contributed by atoms with van der Waals surface area (Å²) in [6.45, 7) is 4.24. The minimum absolute atomic E-state index is 0. The number of ether oxygens (including phenoxy) is 2. The number of benzene rings is 3. The number of carbonyl (C=O) groups excluding carboxylic acids is 4. The first-order valence-corrected chi connectivity index (χ1v) is 19.6. The molecule has 3 aromatic carbocycles. The average Bonchev–Trinajstić information content (AvgIpc) is 4.02. The van der Waals surface area contributed by atoms with Gasteiger partial charge in [0.1, 0.15) is 24.1 Å². The molecule has 2 saturated carbocycles. The van der Waals surface area contributed by atoms with Crippen LogP contribution < -0.4 is 20.1 Å². The molecule has 2 amide bonds. The van der Waals surface area contributed by atoms with Crippen LogP contribution >= 0.6 is 0 Å². The quantitative estimate of drug-likeness (QED) is 0.123. The predicted molar refractivity (Wildman–Crippen MR) is 209 cm³/mol. The molecule has 0 unspecified atom stereocenters. The van der Waals surface area contributed by atoms with E-state index in [2.05, 4.69) is 14.9 Å². The Hall–Kier alpha value is -4.68. The SMILES string of the molecule is C1CCCC1.CN(C)c1ccc2nc(C3C(=O)c4cc5c(cc4C3=O)C(=O)N(c3cc(OCCN4CCOCC4)ccc3C3CCCC3)C5=O)[nH]c(=O)c2c1.[Fe]. The van der Waals surface area contributed by atoms with Crippen LogP contribution in [0.4, 0.5) is 11.4 Å². The number of H-pyrrole nitrogens is 1. The van der Waals surface area contributed by atoms with Crippen LogP contribution in [0.3, 0.4) is 0 Å². The number of nitrogens with one attached hydrogen (secondary N) is 1. The van der Waals surface area contributed by atoms with Crippen LogP contribution in [0.15, 0.2) is 53.3 Å². The van der Waals surface area contributed by atoms with Crippen molar-refractivity contribution in [2.45, 2.75) is 69.6 Å². The van der Waals surface area contributed by atoms with Gasteiger partial charge in [0, 0.05) is 73.7 Å². The van der Waals surface area contributed by atoms with Crippen molar-refractivity contribution >= 4 is 45.7 Å². The van der Waals surface area contributed by atoms with E-state index >= 15 is 0 Å². The molecule has 3 fully saturated rings. The maximum Gasteiger partial charge on any atom is 0.266 e. The molecular weight excluding hydrogens is 754 g/mol. The van der Waals surface area contributed by atoms with Gasteiger partial charge in [0.2, 0.25) is 0 Å². The molecular formula is C43H47FeN5O7. The summed E-state index contributed by atoms with van der Waals surface area (Å²) in [5.74, 6) is -3.00. The molecule has 56 heavy (non-hydrogen) atoms. The van der Waals surface area contributed by atoms with Crippen molar-refractivity contribution < 1.29 is 45.7 Å². The van der Waals surface area contributed by atoms with Crippen molar-refractivity contribution in [3.8, 4) is 5.75 Å². The van der Waals surface area contributed by atoms with E-state index in [0.717, 1.165) is 56.6 Å². The second kappa shape index (κ2) is 16.8. The van der Waals surface area contributed by atoms with Gasteiger partial charge in [-0.3, -0.25) is 28.9 Å². The number of aromatic amines is 1. The number of hydrogen-bond donors (Lipinski definition) is 1. The number of carbonyl (C=O) groups is 4. The van der Waals surface area contributed by atoms with E-state index < -0.39 is 34.9 Å². The number of anilines is 2. The van der Waals surface area contributed by atoms with Gasteiger partial charge in [-0.2, -0.15) is 0 Å². The predicted octanol–water partition coefficient (Wildman–Crippen LogP) is 6.27. The third kappa shape index (κ3) is 7.57. The number of amides is 2. The zero-order valence-electron chi connectivity index (χ0n) is 31.9. The van der Waals surface area contributed by atoms with Crippen LogP contribution in [-0.2, 0) is 21.8 Å². The van der Waals surface area contributed by atoms with Gasteiger partial charge in [-0.25, -0.2) is 9.88 Å². The molecule has 3 aliphatic carbocycles. The van der Waals surface area contributed by atoms with Crippen LogP contribution in [-0.4, -0.2) is 91.8 Å². The number of nitrogens with zero attached hydrogens (tertiary/aromatic N) is 4. The number of rotatable bonds is 8. The molecule has 1 aromatic heterocycles. The van der Waals surface area contributed by atoms with E-state index in [1.54, 1.807) is 24.3 Å². The van der Waals surface area contributed by atoms with Crippen LogP contribution in [0.1, 0.15) is 122 Å². The van der Waals surface area contributed by atoms with Crippen molar-refractivity contribution in [3.63, 3.8) is 0 Å². The van der Waals surface area contributed by atoms with Gasteiger partial charge in [-0.05, 0) is 60.7 Å². The van der Waals surface area contributed by atoms with E-state index in [1.807, 2.05) is 31.1 Å². The molecule has 0 radical (unpaired) electrons. The Morgan fingerprint density at radius 2 is 1.41 bits per heavy atom. The molecule has 1 saturated heterocycles. The number of Topliss-reactive ketones (excluding diaryl/α,β-unsaturated/α-hetero) is 2. The molecule has 4 aromatic rings. The van der Waals surface area contributed by atoms with Gasteiger partial charge in [0.05, 0.1) is 40.9 Å². The minimum atomic E-state index is -1.39. The van der Waals surface area contributed by atoms with Crippen molar-refractivity contribution in [1.29, 1.82) is 0 Å². The third-order valence-corrected chi connectivity index (χ3v) is 11.6. The maximum atomic E-state index is 14.1. The van der Waals surface area contributed by atoms with Gasteiger partial charge in [0.15, 0.2) is 11.6 Å². The summed E-state index contributed by atoms with van der Waals surface area (Å²) in [6, 6.07) is 13.5. The Morgan fingerprint density at radius 3 is 2.02 bits per heavy atom. The van der Waals surface area contributed by atoms with Crippen molar-refractivity contribution in [2.75, 3.05) is 63.4 Å². The van der Waals surface area contributed by atoms with E-state index in [-0.39, 0.29) is 51.1 Å². The largest absolute Gasteiger partial charge is 0.492 e. The van der Waals surface area contributed by atoms with Gasteiger partial charge in [-0.15, -0.1) is 0 Å². The molecule has 12 nitrogen and oxygen atoms in total. The molecule has 9 rings (SSSR count). The Balaban J connectivity index is 0.000000744. The normalized spacial score (nSPS) is 18.6. The van der Waals surface area contributed by atoms with Crippen LogP contribution in [0.25, 0.3) is 10.9 Å². The average molecular weight is 802 g/mol. The third-order valence-electron chi connectivity index (χ3n) is 11.6. The standard InChI is InChI=1S/C38H37N5O7.C5H10.Fe/c1-41(2)22-7-10-30-29(17-22)36(46)40-35(39-30)32-33(44)25-19-27-28(20-26(25)34(32)45)38(48)43(37(27)47)31-18-23(8-9-24(31)21-5-3-4-6-21)50-16-13-42-11-14-49-15-12-42;1-2-4-5-3-1;/h7-10,17-21,32H,3-6,11-16H2,1-2H3,(H,39,40,46);1-5H2;. The molecule has 0 bridgehead atoms. The first kappa shape index (κ1) is 39.6. The molecule has 13 heteroatoms. The minimum Gasteiger partial charge on any atom is -0.492 e. The molecule has 1 N–H and O–H groups in total. The van der Waals surface area contributed by atoms with E-state index in [4.69, 9.17) is 9.47 Å². The van der Waals surface area contributed by atoms with Crippen LogP contribution in [0.5, 0.6) is 5.75 Å². The summed E-state index contributed by atoms with van der Waals surface area (Å²) in [6.07, 6.45) is 11.5. The number of imide groups is 1. The van der Waals surface area contributed by atoms with Gasteiger partial charge in [-0.1, -0.05) is 51.0 Å².